The van der Waals surface area contributed by atoms with Crippen LogP contribution >= 0.6 is 0 Å². The molecule has 0 bridgehead atoms. The Kier molecular flexibility index (Phi) is 5.88. The normalized spacial score (nSPS) is 15.8. The van der Waals surface area contributed by atoms with E-state index < -0.39 is 17.2 Å². The Morgan fingerprint density at radius 1 is 1.06 bits per heavy atom. The highest BCUT2D eigenvalue weighted by atomic mass is 17.2. The lowest BCUT2D eigenvalue weighted by molar-refractivity contribution is -0.351. The molecule has 1 atom stereocenters. The van der Waals surface area contributed by atoms with Crippen LogP contribution in [0, 0.1) is 0 Å². The minimum atomic E-state index is -1.39. The lowest BCUT2D eigenvalue weighted by Gasteiger charge is -2.28. The molecular formula is C10H20O6. The topological polar surface area (TPSA) is 74.2 Å². The predicted octanol–water partition coefficient (Wildman–Crippen LogP) is 1.54. The second-order valence-corrected chi connectivity index (χ2v) is 4.30. The van der Waals surface area contributed by atoms with Gasteiger partial charge in [0, 0.05) is 0 Å². The van der Waals surface area contributed by atoms with Gasteiger partial charge in [-0.3, -0.25) is 0 Å². The van der Waals surface area contributed by atoms with Crippen LogP contribution in [0.3, 0.4) is 0 Å². The summed E-state index contributed by atoms with van der Waals surface area (Å²) in [5.41, 5.74) is -1.97. The lowest BCUT2D eigenvalue weighted by atomic mass is 9.93. The molecule has 0 radical (unpaired) electrons. The van der Waals surface area contributed by atoms with Crippen molar-refractivity contribution in [2.45, 2.75) is 44.8 Å². The predicted molar refractivity (Wildman–Crippen MR) is 55.5 cm³/mol. The van der Waals surface area contributed by atoms with E-state index in [1.807, 2.05) is 0 Å². The average molecular weight is 236 g/mol. The van der Waals surface area contributed by atoms with Crippen LogP contribution < -0.4 is 0 Å². The molecule has 0 saturated carbocycles. The first kappa shape index (κ1) is 15.3. The first-order valence-electron chi connectivity index (χ1n) is 4.94. The summed E-state index contributed by atoms with van der Waals surface area (Å²) < 4.78 is 0. The molecule has 6 nitrogen and oxygen atoms in total. The first-order chi connectivity index (χ1) is 7.27. The molecular weight excluding hydrogens is 216 g/mol. The third-order valence-corrected chi connectivity index (χ3v) is 2.23. The maximum Gasteiger partial charge on any atom is 0.339 e. The Balaban J connectivity index is 4.38. The monoisotopic (exact) mass is 236 g/mol. The minimum Gasteiger partial charge on any atom is -0.479 e. The van der Waals surface area contributed by atoms with Crippen molar-refractivity contribution in [2.24, 2.45) is 0 Å². The van der Waals surface area contributed by atoms with E-state index in [0.29, 0.717) is 6.42 Å². The smallest absolute Gasteiger partial charge is 0.339 e. The van der Waals surface area contributed by atoms with E-state index in [9.17, 15) is 4.79 Å². The lowest BCUT2D eigenvalue weighted by Crippen LogP contribution is -2.40. The van der Waals surface area contributed by atoms with E-state index in [4.69, 9.17) is 14.9 Å². The number of rotatable bonds is 8. The van der Waals surface area contributed by atoms with Gasteiger partial charge in [-0.05, 0) is 33.6 Å². The molecule has 0 fully saturated rings. The molecule has 0 amide bonds. The largest absolute Gasteiger partial charge is 0.479 e. The van der Waals surface area contributed by atoms with Gasteiger partial charge >= 0.3 is 5.97 Å². The van der Waals surface area contributed by atoms with Crippen LogP contribution in [0.1, 0.15) is 33.6 Å². The molecule has 0 aliphatic heterocycles. The number of carboxylic acid groups (broad SMARTS) is 1. The summed E-state index contributed by atoms with van der Waals surface area (Å²) in [5, 5.41) is 9.01. The van der Waals surface area contributed by atoms with Gasteiger partial charge in [0.15, 0.2) is 5.60 Å². The second-order valence-electron chi connectivity index (χ2n) is 4.30. The van der Waals surface area contributed by atoms with Crippen LogP contribution in [0.4, 0.5) is 0 Å². The number of carboxylic acids is 1. The van der Waals surface area contributed by atoms with E-state index in [0.717, 1.165) is 0 Å². The van der Waals surface area contributed by atoms with Crippen LogP contribution in [-0.4, -0.2) is 36.5 Å². The van der Waals surface area contributed by atoms with E-state index in [1.165, 1.54) is 21.1 Å². The van der Waals surface area contributed by atoms with Crippen molar-refractivity contribution in [3.63, 3.8) is 0 Å². The summed E-state index contributed by atoms with van der Waals surface area (Å²) in [4.78, 5) is 29.8. The summed E-state index contributed by atoms with van der Waals surface area (Å²) in [5.74, 6) is -1.08. The quantitative estimate of drug-likeness (QED) is 0.509. The highest BCUT2D eigenvalue weighted by molar-refractivity contribution is 5.76. The van der Waals surface area contributed by atoms with Crippen molar-refractivity contribution in [2.75, 3.05) is 14.2 Å². The van der Waals surface area contributed by atoms with Crippen molar-refractivity contribution in [1.29, 1.82) is 0 Å². The molecule has 0 aliphatic rings. The van der Waals surface area contributed by atoms with Crippen molar-refractivity contribution in [3.05, 3.63) is 0 Å². The first-order valence-corrected chi connectivity index (χ1v) is 4.94. The van der Waals surface area contributed by atoms with Crippen LogP contribution in [0.25, 0.3) is 0 Å². The summed E-state index contributed by atoms with van der Waals surface area (Å²) in [7, 11) is 2.68. The van der Waals surface area contributed by atoms with E-state index >= 15 is 0 Å². The fraction of sp³-hybridized carbons (Fsp3) is 0.900. The fourth-order valence-electron chi connectivity index (χ4n) is 1.17. The van der Waals surface area contributed by atoms with Gasteiger partial charge in [0.05, 0.1) is 19.8 Å². The molecule has 6 heteroatoms. The maximum atomic E-state index is 11.0. The molecule has 0 rings (SSSR count). The molecule has 1 unspecified atom stereocenters. The molecule has 0 aromatic heterocycles. The van der Waals surface area contributed by atoms with Gasteiger partial charge in [0.1, 0.15) is 0 Å². The Morgan fingerprint density at radius 2 is 1.56 bits per heavy atom. The number of carbonyl (C=O) groups is 1. The van der Waals surface area contributed by atoms with Gasteiger partial charge in [-0.1, -0.05) is 0 Å². The molecule has 96 valence electrons. The van der Waals surface area contributed by atoms with E-state index in [2.05, 4.69) is 9.78 Å². The van der Waals surface area contributed by atoms with Gasteiger partial charge < -0.3 is 5.11 Å². The molecule has 0 aliphatic carbocycles. The standard InChI is InChI=1S/C10H20O6/c1-9(2,15-13-4)6-7-10(3,8(11)12)16-14-5/h6-7H2,1-5H3,(H,11,12). The Morgan fingerprint density at radius 3 is 1.94 bits per heavy atom. The molecule has 0 spiro atoms. The Bertz CT molecular complexity index is 227. The summed E-state index contributed by atoms with van der Waals surface area (Å²) >= 11 is 0. The van der Waals surface area contributed by atoms with Gasteiger partial charge in [-0.15, -0.1) is 0 Å². The van der Waals surface area contributed by atoms with E-state index in [-0.39, 0.29) is 6.42 Å². The molecule has 0 aromatic rings. The number of hydrogen-bond acceptors (Lipinski definition) is 5. The van der Waals surface area contributed by atoms with Gasteiger partial charge in [0.2, 0.25) is 0 Å². The average Bonchev–Trinajstić information content (AvgIpc) is 2.15. The summed E-state index contributed by atoms with van der Waals surface area (Å²) in [6.45, 7) is 5.04. The zero-order valence-corrected chi connectivity index (χ0v) is 10.4. The summed E-state index contributed by atoms with van der Waals surface area (Å²) in [6, 6.07) is 0. The molecule has 1 N–H and O–H groups in total. The zero-order valence-electron chi connectivity index (χ0n) is 10.4. The van der Waals surface area contributed by atoms with Gasteiger partial charge in [-0.25, -0.2) is 24.3 Å². The number of hydrogen-bond donors (Lipinski definition) is 1. The van der Waals surface area contributed by atoms with Crippen LogP contribution in [-0.2, 0) is 24.3 Å². The Labute approximate surface area is 95.3 Å². The SMILES string of the molecule is COOC(C)(C)CCC(C)(OOC)C(=O)O. The highest BCUT2D eigenvalue weighted by Gasteiger charge is 2.38. The minimum absolute atomic E-state index is 0.243. The molecule has 0 heterocycles. The van der Waals surface area contributed by atoms with Crippen LogP contribution in [0.15, 0.2) is 0 Å². The molecule has 16 heavy (non-hydrogen) atoms. The maximum absolute atomic E-state index is 11.0. The van der Waals surface area contributed by atoms with Gasteiger partial charge in [-0.2, -0.15) is 0 Å². The summed E-state index contributed by atoms with van der Waals surface area (Å²) in [6.07, 6.45) is 0.694. The third-order valence-electron chi connectivity index (χ3n) is 2.23. The van der Waals surface area contributed by atoms with Gasteiger partial charge in [0.25, 0.3) is 0 Å². The van der Waals surface area contributed by atoms with E-state index in [1.54, 1.807) is 13.8 Å². The van der Waals surface area contributed by atoms with Crippen LogP contribution in [0.5, 0.6) is 0 Å². The van der Waals surface area contributed by atoms with Crippen molar-refractivity contribution >= 4 is 5.97 Å². The van der Waals surface area contributed by atoms with Crippen molar-refractivity contribution < 1.29 is 29.5 Å². The zero-order chi connectivity index (χ0) is 12.8. The van der Waals surface area contributed by atoms with Crippen LogP contribution in [0.2, 0.25) is 0 Å². The third kappa shape index (κ3) is 4.89. The highest BCUT2D eigenvalue weighted by Crippen LogP contribution is 2.25. The molecule has 0 aromatic carbocycles. The van der Waals surface area contributed by atoms with Crippen molar-refractivity contribution in [3.8, 4) is 0 Å². The molecule has 0 saturated heterocycles. The number of aliphatic carboxylic acids is 1. The fourth-order valence-corrected chi connectivity index (χ4v) is 1.17. The van der Waals surface area contributed by atoms with Crippen molar-refractivity contribution in [1.82, 2.24) is 0 Å². The second kappa shape index (κ2) is 6.15. The Hall–Kier alpha value is -0.690.